The van der Waals surface area contributed by atoms with Crippen LogP contribution in [0.1, 0.15) is 21.6 Å². The summed E-state index contributed by atoms with van der Waals surface area (Å²) in [6.45, 7) is 1.45. The molecular formula is C5H10O2. The molecule has 0 aliphatic heterocycles. The number of aliphatic hydroxyl groups is 1. The van der Waals surface area contributed by atoms with Gasteiger partial charge in [0.15, 0.2) is 5.78 Å². The number of Topliss-reactive ketones (excluding diaryl/α,β-unsaturated/α-hetero) is 1. The van der Waals surface area contributed by atoms with Crippen molar-refractivity contribution in [2.75, 3.05) is 0 Å². The lowest BCUT2D eigenvalue weighted by molar-refractivity contribution is -0.124. The molecule has 0 aromatic heterocycles. The molecule has 42 valence electrons. The molecule has 0 aromatic carbocycles. The minimum Gasteiger partial charge on any atom is -0.385 e. The minimum absolute atomic E-state index is 0.294. The molecule has 0 heterocycles. The molecule has 1 atom stereocenters. The predicted octanol–water partition coefficient (Wildman–Crippen LogP) is 0.346. The van der Waals surface area contributed by atoms with E-state index in [4.69, 9.17) is 2.80 Å². The van der Waals surface area contributed by atoms with Crippen molar-refractivity contribution in [1.82, 2.24) is 0 Å². The summed E-state index contributed by atoms with van der Waals surface area (Å²) in [5, 5.41) is 4.03. The summed E-state index contributed by atoms with van der Waals surface area (Å²) < 4.78 is 13.0. The lowest BCUT2D eigenvalue weighted by atomic mass is 10.2. The fraction of sp³-hybridized carbons (Fsp3) is 0.800. The number of hydrogen-bond donors (Lipinski definition) is 1. The molecule has 0 fully saturated rings. The van der Waals surface area contributed by atoms with Gasteiger partial charge in [0.25, 0.3) is 0 Å². The van der Waals surface area contributed by atoms with Gasteiger partial charge in [0.1, 0.15) is 6.10 Å². The Morgan fingerprint density at radius 3 is 3.14 bits per heavy atom. The number of carbonyl (C=O) groups is 1. The van der Waals surface area contributed by atoms with Crippen LogP contribution in [0.15, 0.2) is 0 Å². The maximum absolute atomic E-state index is 10.5. The molecule has 0 spiro atoms. The SMILES string of the molecule is [2H]CC(=O)C(CC)O[2H]. The van der Waals surface area contributed by atoms with Crippen molar-refractivity contribution in [2.24, 2.45) is 0 Å². The molecule has 1 N–H and O–H groups in total. The summed E-state index contributed by atoms with van der Waals surface area (Å²) in [5.74, 6) is -0.326. The standard InChI is InChI=1S/C5H10O2/c1-3-5(7)4(2)6/h5,7H,3H2,1-2H3/i2D,7D. The molecule has 0 aromatic rings. The zero-order valence-electron chi connectivity index (χ0n) is 6.31. The summed E-state index contributed by atoms with van der Waals surface area (Å²) in [7, 11) is 0. The zero-order valence-corrected chi connectivity index (χ0v) is 4.31. The molecule has 0 saturated heterocycles. The summed E-state index contributed by atoms with van der Waals surface area (Å²) >= 11 is 0. The average Bonchev–Trinajstić information content (AvgIpc) is 1.90. The quantitative estimate of drug-likeness (QED) is 0.560. The van der Waals surface area contributed by atoms with Crippen molar-refractivity contribution >= 4 is 5.78 Å². The van der Waals surface area contributed by atoms with E-state index in [0.717, 1.165) is 0 Å². The molecule has 0 radical (unpaired) electrons. The number of rotatable bonds is 3. The van der Waals surface area contributed by atoms with Gasteiger partial charge in [-0.05, 0) is 13.3 Å². The first-order valence-electron chi connectivity index (χ1n) is 3.31. The van der Waals surface area contributed by atoms with Crippen LogP contribution in [-0.4, -0.2) is 18.4 Å². The molecule has 0 aliphatic carbocycles. The summed E-state index contributed by atoms with van der Waals surface area (Å²) in [6, 6.07) is 0. The van der Waals surface area contributed by atoms with Crippen molar-refractivity contribution in [3.8, 4) is 0 Å². The van der Waals surface area contributed by atoms with Crippen molar-refractivity contribution in [3.05, 3.63) is 0 Å². The van der Waals surface area contributed by atoms with Crippen LogP contribution in [0.3, 0.4) is 0 Å². The molecule has 0 rings (SSSR count). The van der Waals surface area contributed by atoms with Gasteiger partial charge in [-0.1, -0.05) is 6.92 Å². The monoisotopic (exact) mass is 104 g/mol. The fourth-order valence-electron chi connectivity index (χ4n) is 0.228. The van der Waals surface area contributed by atoms with Crippen LogP contribution >= 0.6 is 0 Å². The minimum atomic E-state index is -0.692. The topological polar surface area (TPSA) is 37.3 Å². The number of aliphatic hydroxyl groups excluding tert-OH is 1. The zero-order chi connectivity index (χ0) is 7.28. The third-order valence-corrected chi connectivity index (χ3v) is 0.730. The number of carbonyl (C=O) groups excluding carboxylic acids is 1. The highest BCUT2D eigenvalue weighted by molar-refractivity contribution is 5.79. The van der Waals surface area contributed by atoms with Gasteiger partial charge in [-0.15, -0.1) is 0 Å². The van der Waals surface area contributed by atoms with Crippen LogP contribution in [0.5, 0.6) is 0 Å². The van der Waals surface area contributed by atoms with E-state index in [2.05, 4.69) is 5.11 Å². The first kappa shape index (κ1) is 3.61. The van der Waals surface area contributed by atoms with Gasteiger partial charge in [0.05, 0.1) is 0 Å². The van der Waals surface area contributed by atoms with Gasteiger partial charge in [-0.2, -0.15) is 0 Å². The Bertz CT molecular complexity index is 91.0. The van der Waals surface area contributed by atoms with E-state index in [0.29, 0.717) is 6.42 Å². The fourth-order valence-corrected chi connectivity index (χ4v) is 0.228. The van der Waals surface area contributed by atoms with Crippen molar-refractivity contribution in [1.29, 1.82) is 1.43 Å². The molecule has 0 amide bonds. The Hall–Kier alpha value is -0.370. The Morgan fingerprint density at radius 1 is 2.29 bits per heavy atom. The Labute approximate surface area is 46.1 Å². The van der Waals surface area contributed by atoms with Gasteiger partial charge in [0.2, 0.25) is 1.43 Å². The molecule has 0 aliphatic rings. The number of hydrogen-bond acceptors (Lipinski definition) is 2. The van der Waals surface area contributed by atoms with Gasteiger partial charge >= 0.3 is 0 Å². The maximum atomic E-state index is 10.5. The highest BCUT2D eigenvalue weighted by Gasteiger charge is 2.03. The first-order chi connectivity index (χ1) is 4.26. The van der Waals surface area contributed by atoms with Gasteiger partial charge in [-0.25, -0.2) is 0 Å². The van der Waals surface area contributed by atoms with Gasteiger partial charge in [0, 0.05) is 1.37 Å². The van der Waals surface area contributed by atoms with E-state index in [1.54, 1.807) is 6.92 Å². The van der Waals surface area contributed by atoms with Crippen molar-refractivity contribution < 1.29 is 11.3 Å². The van der Waals surface area contributed by atoms with Crippen molar-refractivity contribution in [3.63, 3.8) is 0 Å². The highest BCUT2D eigenvalue weighted by atomic mass is 16.3. The van der Waals surface area contributed by atoms with E-state index in [1.807, 2.05) is 0 Å². The van der Waals surface area contributed by atoms with Crippen molar-refractivity contribution in [2.45, 2.75) is 26.3 Å². The maximum Gasteiger partial charge on any atom is 0.211 e. The van der Waals surface area contributed by atoms with Gasteiger partial charge in [-0.3, -0.25) is 4.79 Å². The molecule has 0 bridgehead atoms. The highest BCUT2D eigenvalue weighted by Crippen LogP contribution is 1.88. The lowest BCUT2D eigenvalue weighted by Gasteiger charge is -1.97. The van der Waals surface area contributed by atoms with E-state index in [9.17, 15) is 4.79 Å². The molecule has 2 heteroatoms. The van der Waals surface area contributed by atoms with Crippen LogP contribution in [0.25, 0.3) is 0 Å². The molecule has 7 heavy (non-hydrogen) atoms. The van der Waals surface area contributed by atoms with E-state index in [1.165, 1.54) is 0 Å². The summed E-state index contributed by atoms with van der Waals surface area (Å²) in [6.07, 6.45) is -0.219. The lowest BCUT2D eigenvalue weighted by Crippen LogP contribution is -2.14. The van der Waals surface area contributed by atoms with Gasteiger partial charge < -0.3 is 5.11 Å². The Kier molecular flexibility index (Phi) is 1.42. The van der Waals surface area contributed by atoms with Crippen LogP contribution < -0.4 is 0 Å². The first-order valence-corrected chi connectivity index (χ1v) is 2.20. The smallest absolute Gasteiger partial charge is 0.211 e. The molecular weight excluding hydrogens is 92.1 g/mol. The van der Waals surface area contributed by atoms with E-state index >= 15 is 0 Å². The van der Waals surface area contributed by atoms with E-state index in [-0.39, 0.29) is 12.7 Å². The van der Waals surface area contributed by atoms with Crippen LogP contribution in [-0.2, 0) is 4.79 Å². The van der Waals surface area contributed by atoms with Crippen LogP contribution in [0, 0.1) is 0 Å². The Balaban J connectivity index is 3.64. The summed E-state index contributed by atoms with van der Waals surface area (Å²) in [4.78, 5) is 10.5. The second-order valence-electron chi connectivity index (χ2n) is 1.36. The number of ketones is 1. The normalized spacial score (nSPS) is 17.3. The second kappa shape index (κ2) is 2.75. The largest absolute Gasteiger partial charge is 0.385 e. The average molecular weight is 104 g/mol. The second-order valence-corrected chi connectivity index (χ2v) is 1.36. The molecule has 0 saturated carbocycles. The summed E-state index contributed by atoms with van der Waals surface area (Å²) in [5.41, 5.74) is 0. The van der Waals surface area contributed by atoms with Crippen LogP contribution in [0.2, 0.25) is 0 Å². The third-order valence-electron chi connectivity index (χ3n) is 0.730. The molecule has 2 nitrogen and oxygen atoms in total. The molecule has 1 unspecified atom stereocenters. The van der Waals surface area contributed by atoms with Crippen LogP contribution in [0.4, 0.5) is 0 Å². The third kappa shape index (κ3) is 2.34. The van der Waals surface area contributed by atoms with E-state index < -0.39 is 6.10 Å². The predicted molar refractivity (Wildman–Crippen MR) is 27.0 cm³/mol. The Morgan fingerprint density at radius 2 is 3.00 bits per heavy atom.